The molecule has 3 nitrogen and oxygen atoms in total. The van der Waals surface area contributed by atoms with E-state index in [0.29, 0.717) is 5.11 Å². The fourth-order valence-electron chi connectivity index (χ4n) is 1.25. The van der Waals surface area contributed by atoms with Crippen LogP contribution in [-0.2, 0) is 4.79 Å². The van der Waals surface area contributed by atoms with E-state index in [2.05, 4.69) is 12.2 Å². The number of nitrogens with one attached hydrogen (secondary N) is 1. The summed E-state index contributed by atoms with van der Waals surface area (Å²) in [5.74, 6) is 0.105. The smallest absolute Gasteiger partial charge is 0.251 e. The van der Waals surface area contributed by atoms with Gasteiger partial charge in [0.05, 0.1) is 0 Å². The SMILES string of the molecule is CCCCC1NC(=S)N(C)C1=O. The minimum Gasteiger partial charge on any atom is -0.350 e. The van der Waals surface area contributed by atoms with Crippen LogP contribution in [0.5, 0.6) is 0 Å². The van der Waals surface area contributed by atoms with Crippen LogP contribution in [0.15, 0.2) is 0 Å². The molecule has 1 saturated heterocycles. The molecule has 1 N–H and O–H groups in total. The first-order valence-corrected chi connectivity index (χ1v) is 4.65. The van der Waals surface area contributed by atoms with Gasteiger partial charge in [0.1, 0.15) is 6.04 Å². The number of likely N-dealkylation sites (N-methyl/N-ethyl adjacent to an activating group) is 1. The van der Waals surface area contributed by atoms with Gasteiger partial charge in [0, 0.05) is 7.05 Å². The maximum Gasteiger partial charge on any atom is 0.251 e. The average Bonchev–Trinajstić information content (AvgIpc) is 2.30. The Bertz CT molecular complexity index is 205. The van der Waals surface area contributed by atoms with Gasteiger partial charge in [-0.1, -0.05) is 19.8 Å². The highest BCUT2D eigenvalue weighted by atomic mass is 32.1. The molecule has 1 amide bonds. The molecule has 1 unspecified atom stereocenters. The van der Waals surface area contributed by atoms with E-state index in [1.807, 2.05) is 0 Å². The van der Waals surface area contributed by atoms with E-state index in [0.717, 1.165) is 19.3 Å². The van der Waals surface area contributed by atoms with Crippen molar-refractivity contribution in [2.75, 3.05) is 7.05 Å². The van der Waals surface area contributed by atoms with Crippen LogP contribution in [0.25, 0.3) is 0 Å². The number of hydrogen-bond donors (Lipinski definition) is 1. The van der Waals surface area contributed by atoms with Crippen LogP contribution in [0.2, 0.25) is 0 Å². The second-order valence-electron chi connectivity index (χ2n) is 3.04. The minimum atomic E-state index is -0.0672. The Morgan fingerprint density at radius 1 is 1.67 bits per heavy atom. The van der Waals surface area contributed by atoms with Crippen LogP contribution in [0.3, 0.4) is 0 Å². The Balaban J connectivity index is 2.47. The van der Waals surface area contributed by atoms with Crippen molar-refractivity contribution >= 4 is 23.2 Å². The average molecular weight is 186 g/mol. The molecule has 68 valence electrons. The molecule has 0 bridgehead atoms. The predicted octanol–water partition coefficient (Wildman–Crippen LogP) is 0.892. The van der Waals surface area contributed by atoms with Gasteiger partial charge >= 0.3 is 0 Å². The summed E-state index contributed by atoms with van der Waals surface area (Å²) in [6.45, 7) is 2.11. The number of nitrogens with zero attached hydrogens (tertiary/aromatic N) is 1. The van der Waals surface area contributed by atoms with Gasteiger partial charge in [0.25, 0.3) is 5.91 Å². The summed E-state index contributed by atoms with van der Waals surface area (Å²) in [5, 5.41) is 3.55. The van der Waals surface area contributed by atoms with Gasteiger partial charge in [0.2, 0.25) is 0 Å². The predicted molar refractivity (Wildman–Crippen MR) is 51.8 cm³/mol. The van der Waals surface area contributed by atoms with E-state index in [4.69, 9.17) is 12.2 Å². The van der Waals surface area contributed by atoms with Gasteiger partial charge in [-0.25, -0.2) is 0 Å². The Morgan fingerprint density at radius 3 is 2.75 bits per heavy atom. The second-order valence-corrected chi connectivity index (χ2v) is 3.43. The number of rotatable bonds is 3. The van der Waals surface area contributed by atoms with Gasteiger partial charge in [-0.3, -0.25) is 9.69 Å². The van der Waals surface area contributed by atoms with E-state index in [-0.39, 0.29) is 11.9 Å². The standard InChI is InChI=1S/C8H14N2OS/c1-3-4-5-6-7(11)10(2)8(12)9-6/h6H,3-5H2,1-2H3,(H,9,12). The maximum atomic E-state index is 11.4. The van der Waals surface area contributed by atoms with Crippen LogP contribution in [0, 0.1) is 0 Å². The van der Waals surface area contributed by atoms with Crippen molar-refractivity contribution in [1.29, 1.82) is 0 Å². The van der Waals surface area contributed by atoms with Crippen molar-refractivity contribution in [1.82, 2.24) is 10.2 Å². The van der Waals surface area contributed by atoms with Gasteiger partial charge in [0.15, 0.2) is 5.11 Å². The van der Waals surface area contributed by atoms with Crippen molar-refractivity contribution in [2.24, 2.45) is 0 Å². The normalized spacial score (nSPS) is 23.2. The van der Waals surface area contributed by atoms with Gasteiger partial charge in [-0.2, -0.15) is 0 Å². The summed E-state index contributed by atoms with van der Waals surface area (Å²) in [7, 11) is 1.71. The summed E-state index contributed by atoms with van der Waals surface area (Å²) < 4.78 is 0. The van der Waals surface area contributed by atoms with E-state index in [1.165, 1.54) is 4.90 Å². The largest absolute Gasteiger partial charge is 0.350 e. The number of carbonyl (C=O) groups excluding carboxylic acids is 1. The number of unbranched alkanes of at least 4 members (excludes halogenated alkanes) is 1. The molecule has 1 heterocycles. The van der Waals surface area contributed by atoms with Gasteiger partial charge in [-0.15, -0.1) is 0 Å². The molecule has 0 radical (unpaired) electrons. The fraction of sp³-hybridized carbons (Fsp3) is 0.750. The Morgan fingerprint density at radius 2 is 2.33 bits per heavy atom. The van der Waals surface area contributed by atoms with Crippen LogP contribution in [-0.4, -0.2) is 29.0 Å². The number of hydrogen-bond acceptors (Lipinski definition) is 2. The van der Waals surface area contributed by atoms with E-state index in [9.17, 15) is 4.79 Å². The summed E-state index contributed by atoms with van der Waals surface area (Å²) in [6, 6.07) is -0.0672. The lowest BCUT2D eigenvalue weighted by Crippen LogP contribution is -2.28. The Hall–Kier alpha value is -0.640. The zero-order chi connectivity index (χ0) is 9.14. The zero-order valence-electron chi connectivity index (χ0n) is 7.46. The number of thiocarbonyl (C=S) groups is 1. The summed E-state index contributed by atoms with van der Waals surface area (Å²) in [6.07, 6.45) is 3.07. The van der Waals surface area contributed by atoms with Crippen molar-refractivity contribution in [2.45, 2.75) is 32.2 Å². The third-order valence-corrected chi connectivity index (χ3v) is 2.47. The molecule has 1 rings (SSSR count). The lowest BCUT2D eigenvalue weighted by atomic mass is 10.1. The van der Waals surface area contributed by atoms with Crippen LogP contribution in [0.1, 0.15) is 26.2 Å². The van der Waals surface area contributed by atoms with E-state index < -0.39 is 0 Å². The first kappa shape index (κ1) is 9.45. The van der Waals surface area contributed by atoms with Crippen LogP contribution >= 0.6 is 12.2 Å². The van der Waals surface area contributed by atoms with Crippen molar-refractivity contribution in [3.05, 3.63) is 0 Å². The highest BCUT2D eigenvalue weighted by Gasteiger charge is 2.31. The van der Waals surface area contributed by atoms with Gasteiger partial charge < -0.3 is 5.32 Å². The second kappa shape index (κ2) is 3.85. The van der Waals surface area contributed by atoms with Gasteiger partial charge in [-0.05, 0) is 18.6 Å². The van der Waals surface area contributed by atoms with E-state index in [1.54, 1.807) is 7.05 Å². The van der Waals surface area contributed by atoms with E-state index >= 15 is 0 Å². The van der Waals surface area contributed by atoms with Crippen LogP contribution < -0.4 is 5.32 Å². The molecule has 0 aromatic rings. The molecule has 1 fully saturated rings. The maximum absolute atomic E-state index is 11.4. The monoisotopic (exact) mass is 186 g/mol. The first-order chi connectivity index (χ1) is 5.66. The summed E-state index contributed by atoms with van der Waals surface area (Å²) in [5.41, 5.74) is 0. The quantitative estimate of drug-likeness (QED) is 0.664. The number of amides is 1. The molecule has 4 heteroatoms. The molecule has 0 aliphatic carbocycles. The lowest BCUT2D eigenvalue weighted by Gasteiger charge is -2.06. The Labute approximate surface area is 78.1 Å². The molecular formula is C8H14N2OS. The molecule has 1 atom stereocenters. The lowest BCUT2D eigenvalue weighted by molar-refractivity contribution is -0.126. The molecule has 12 heavy (non-hydrogen) atoms. The highest BCUT2D eigenvalue weighted by molar-refractivity contribution is 7.80. The third-order valence-electron chi connectivity index (χ3n) is 2.08. The summed E-state index contributed by atoms with van der Waals surface area (Å²) >= 11 is 4.94. The molecule has 0 aromatic heterocycles. The minimum absolute atomic E-state index is 0.0672. The zero-order valence-corrected chi connectivity index (χ0v) is 8.28. The molecule has 1 aliphatic heterocycles. The fourth-order valence-corrected chi connectivity index (χ4v) is 1.48. The van der Waals surface area contributed by atoms with Crippen LogP contribution in [0.4, 0.5) is 0 Å². The Kier molecular flexibility index (Phi) is 3.03. The molecule has 0 saturated carbocycles. The van der Waals surface area contributed by atoms with Crippen molar-refractivity contribution in [3.8, 4) is 0 Å². The highest BCUT2D eigenvalue weighted by Crippen LogP contribution is 2.10. The third kappa shape index (κ3) is 1.75. The first-order valence-electron chi connectivity index (χ1n) is 4.25. The number of carbonyl (C=O) groups is 1. The van der Waals surface area contributed by atoms with Crippen molar-refractivity contribution in [3.63, 3.8) is 0 Å². The molecule has 0 aromatic carbocycles. The molecule has 0 spiro atoms. The molecular weight excluding hydrogens is 172 g/mol. The van der Waals surface area contributed by atoms with Crippen molar-refractivity contribution < 1.29 is 4.79 Å². The topological polar surface area (TPSA) is 32.3 Å². The molecule has 1 aliphatic rings. The summed E-state index contributed by atoms with van der Waals surface area (Å²) in [4.78, 5) is 12.9.